The Morgan fingerprint density at radius 1 is 1.24 bits per heavy atom. The predicted molar refractivity (Wildman–Crippen MR) is 66.9 cm³/mol. The molecule has 0 aromatic carbocycles. The van der Waals surface area contributed by atoms with Crippen LogP contribution in [0.5, 0.6) is 0 Å². The molecule has 0 radical (unpaired) electrons. The molecule has 0 amide bonds. The van der Waals surface area contributed by atoms with Gasteiger partial charge < -0.3 is 0 Å². The third-order valence-corrected chi connectivity index (χ3v) is 3.72. The van der Waals surface area contributed by atoms with E-state index in [0.717, 1.165) is 18.0 Å². The Hall–Kier alpha value is -1.42. The van der Waals surface area contributed by atoms with Crippen LogP contribution in [-0.4, -0.2) is 33.1 Å². The van der Waals surface area contributed by atoms with Crippen molar-refractivity contribution in [2.75, 3.05) is 13.6 Å². The van der Waals surface area contributed by atoms with E-state index in [2.05, 4.69) is 39.5 Å². The van der Waals surface area contributed by atoms with Crippen LogP contribution in [0.4, 0.5) is 0 Å². The maximum absolute atomic E-state index is 4.40. The molecular weight excluding hydrogens is 212 g/mol. The van der Waals surface area contributed by atoms with Gasteiger partial charge in [-0.15, -0.1) is 10.2 Å². The average molecular weight is 230 g/mol. The SMILES string of the molecule is Cc1cccc2nnc(C3CCCCN3C)n12. The van der Waals surface area contributed by atoms with Gasteiger partial charge in [0.25, 0.3) is 0 Å². The van der Waals surface area contributed by atoms with Gasteiger partial charge in [0.05, 0.1) is 6.04 Å². The summed E-state index contributed by atoms with van der Waals surface area (Å²) in [6.07, 6.45) is 3.77. The van der Waals surface area contributed by atoms with E-state index in [1.54, 1.807) is 0 Å². The van der Waals surface area contributed by atoms with E-state index in [-0.39, 0.29) is 0 Å². The second kappa shape index (κ2) is 4.11. The lowest BCUT2D eigenvalue weighted by atomic mass is 10.0. The zero-order valence-electron chi connectivity index (χ0n) is 10.4. The first kappa shape index (κ1) is 10.7. The van der Waals surface area contributed by atoms with Gasteiger partial charge in [-0.1, -0.05) is 12.5 Å². The van der Waals surface area contributed by atoms with Gasteiger partial charge in [-0.05, 0) is 45.5 Å². The van der Waals surface area contributed by atoms with Crippen molar-refractivity contribution in [1.82, 2.24) is 19.5 Å². The lowest BCUT2D eigenvalue weighted by Crippen LogP contribution is -2.31. The van der Waals surface area contributed by atoms with Gasteiger partial charge >= 0.3 is 0 Å². The first-order chi connectivity index (χ1) is 8.27. The average Bonchev–Trinajstić information content (AvgIpc) is 2.75. The smallest absolute Gasteiger partial charge is 0.161 e. The third-order valence-electron chi connectivity index (χ3n) is 3.72. The normalized spacial score (nSPS) is 22.1. The summed E-state index contributed by atoms with van der Waals surface area (Å²) in [6.45, 7) is 3.27. The standard InChI is InChI=1S/C13H18N4/c1-10-6-5-8-12-14-15-13(17(10)12)11-7-3-4-9-16(11)2/h5-6,8,11H,3-4,7,9H2,1-2H3. The largest absolute Gasteiger partial charge is 0.296 e. The summed E-state index contributed by atoms with van der Waals surface area (Å²) < 4.78 is 2.19. The lowest BCUT2D eigenvalue weighted by Gasteiger charge is -2.31. The number of pyridine rings is 1. The first-order valence-corrected chi connectivity index (χ1v) is 6.28. The van der Waals surface area contributed by atoms with Crippen molar-refractivity contribution >= 4 is 5.65 Å². The number of aromatic nitrogens is 3. The fourth-order valence-electron chi connectivity index (χ4n) is 2.74. The van der Waals surface area contributed by atoms with Gasteiger partial charge in [0, 0.05) is 5.69 Å². The van der Waals surface area contributed by atoms with Gasteiger partial charge in [-0.3, -0.25) is 9.30 Å². The van der Waals surface area contributed by atoms with Gasteiger partial charge in [-0.25, -0.2) is 0 Å². The topological polar surface area (TPSA) is 33.4 Å². The van der Waals surface area contributed by atoms with Crippen LogP contribution in [0.1, 0.15) is 36.8 Å². The van der Waals surface area contributed by atoms with Crippen molar-refractivity contribution in [1.29, 1.82) is 0 Å². The van der Waals surface area contributed by atoms with Gasteiger partial charge in [0.15, 0.2) is 11.5 Å². The minimum Gasteiger partial charge on any atom is -0.296 e. The molecule has 3 rings (SSSR count). The van der Waals surface area contributed by atoms with Crippen molar-refractivity contribution in [2.45, 2.75) is 32.2 Å². The number of piperidine rings is 1. The van der Waals surface area contributed by atoms with Crippen molar-refractivity contribution in [3.05, 3.63) is 29.7 Å². The van der Waals surface area contributed by atoms with Crippen LogP contribution in [-0.2, 0) is 0 Å². The molecule has 1 saturated heterocycles. The Morgan fingerprint density at radius 3 is 2.94 bits per heavy atom. The van der Waals surface area contributed by atoms with Gasteiger partial charge in [0.1, 0.15) is 0 Å². The number of rotatable bonds is 1. The third kappa shape index (κ3) is 1.72. The highest BCUT2D eigenvalue weighted by molar-refractivity contribution is 5.40. The highest BCUT2D eigenvalue weighted by Gasteiger charge is 2.25. The number of fused-ring (bicyclic) bond motifs is 1. The van der Waals surface area contributed by atoms with E-state index in [0.29, 0.717) is 6.04 Å². The molecular formula is C13H18N4. The van der Waals surface area contributed by atoms with E-state index in [1.807, 2.05) is 12.1 Å². The number of aryl methyl sites for hydroxylation is 1. The van der Waals surface area contributed by atoms with E-state index >= 15 is 0 Å². The first-order valence-electron chi connectivity index (χ1n) is 6.28. The highest BCUT2D eigenvalue weighted by atomic mass is 15.3. The summed E-state index contributed by atoms with van der Waals surface area (Å²) in [5, 5.41) is 8.68. The molecule has 2 aromatic rings. The Morgan fingerprint density at radius 2 is 2.12 bits per heavy atom. The maximum Gasteiger partial charge on any atom is 0.161 e. The van der Waals surface area contributed by atoms with Crippen LogP contribution in [0.2, 0.25) is 0 Å². The second-order valence-corrected chi connectivity index (χ2v) is 4.91. The monoisotopic (exact) mass is 230 g/mol. The summed E-state index contributed by atoms with van der Waals surface area (Å²) in [4.78, 5) is 2.40. The summed E-state index contributed by atoms with van der Waals surface area (Å²) in [6, 6.07) is 6.59. The molecule has 0 aliphatic carbocycles. The molecule has 90 valence electrons. The van der Waals surface area contributed by atoms with Gasteiger partial charge in [-0.2, -0.15) is 0 Å². The Labute approximate surface area is 101 Å². The fourth-order valence-corrected chi connectivity index (χ4v) is 2.74. The van der Waals surface area contributed by atoms with Crippen molar-refractivity contribution in [3.63, 3.8) is 0 Å². The summed E-state index contributed by atoms with van der Waals surface area (Å²) in [5.74, 6) is 1.10. The Kier molecular flexibility index (Phi) is 2.59. The predicted octanol–water partition coefficient (Wildman–Crippen LogP) is 2.19. The van der Waals surface area contributed by atoms with Crippen LogP contribution in [0.25, 0.3) is 5.65 Å². The van der Waals surface area contributed by atoms with Crippen LogP contribution in [0, 0.1) is 6.92 Å². The highest BCUT2D eigenvalue weighted by Crippen LogP contribution is 2.28. The number of likely N-dealkylation sites (tertiary alicyclic amines) is 1. The summed E-state index contributed by atoms with van der Waals surface area (Å²) in [7, 11) is 2.18. The minimum absolute atomic E-state index is 0.417. The second-order valence-electron chi connectivity index (χ2n) is 4.91. The van der Waals surface area contributed by atoms with Crippen molar-refractivity contribution in [2.24, 2.45) is 0 Å². The number of hydrogen-bond donors (Lipinski definition) is 0. The van der Waals surface area contributed by atoms with Gasteiger partial charge in [0.2, 0.25) is 0 Å². The molecule has 0 N–H and O–H groups in total. The number of hydrogen-bond acceptors (Lipinski definition) is 3. The summed E-state index contributed by atoms with van der Waals surface area (Å²) in [5.41, 5.74) is 2.17. The molecule has 3 heterocycles. The molecule has 1 atom stereocenters. The molecule has 17 heavy (non-hydrogen) atoms. The molecule has 1 aliphatic heterocycles. The zero-order valence-corrected chi connectivity index (χ0v) is 10.4. The fraction of sp³-hybridized carbons (Fsp3) is 0.538. The van der Waals surface area contributed by atoms with Crippen LogP contribution >= 0.6 is 0 Å². The Bertz CT molecular complexity index is 531. The number of nitrogens with zero attached hydrogens (tertiary/aromatic N) is 4. The molecule has 1 fully saturated rings. The van der Waals surface area contributed by atoms with Crippen LogP contribution < -0.4 is 0 Å². The lowest BCUT2D eigenvalue weighted by molar-refractivity contribution is 0.178. The molecule has 1 unspecified atom stereocenters. The Balaban J connectivity index is 2.10. The van der Waals surface area contributed by atoms with E-state index in [4.69, 9.17) is 0 Å². The molecule has 2 aromatic heterocycles. The van der Waals surface area contributed by atoms with Crippen molar-refractivity contribution in [3.8, 4) is 0 Å². The van der Waals surface area contributed by atoms with Crippen molar-refractivity contribution < 1.29 is 0 Å². The molecule has 0 bridgehead atoms. The van der Waals surface area contributed by atoms with Crippen LogP contribution in [0.15, 0.2) is 18.2 Å². The molecule has 1 aliphatic rings. The minimum atomic E-state index is 0.417. The summed E-state index contributed by atoms with van der Waals surface area (Å²) >= 11 is 0. The van der Waals surface area contributed by atoms with E-state index in [1.165, 1.54) is 25.0 Å². The van der Waals surface area contributed by atoms with Crippen LogP contribution in [0.3, 0.4) is 0 Å². The quantitative estimate of drug-likeness (QED) is 0.753. The molecule has 0 spiro atoms. The molecule has 4 heteroatoms. The van der Waals surface area contributed by atoms with E-state index in [9.17, 15) is 0 Å². The molecule has 0 saturated carbocycles. The molecule has 4 nitrogen and oxygen atoms in total. The van der Waals surface area contributed by atoms with E-state index < -0.39 is 0 Å². The maximum atomic E-state index is 4.40. The zero-order chi connectivity index (χ0) is 11.8.